The van der Waals surface area contributed by atoms with Crippen LogP contribution in [-0.2, 0) is 0 Å². The van der Waals surface area contributed by atoms with E-state index in [0.29, 0.717) is 5.69 Å². The highest BCUT2D eigenvalue weighted by Crippen LogP contribution is 2.14. The zero-order valence-electron chi connectivity index (χ0n) is 9.56. The van der Waals surface area contributed by atoms with Crippen molar-refractivity contribution >= 4 is 28.4 Å². The zero-order chi connectivity index (χ0) is 13.8. The minimum absolute atomic E-state index is 0.176. The van der Waals surface area contributed by atoms with Crippen molar-refractivity contribution in [1.29, 1.82) is 0 Å². The SMILES string of the molecule is O=C(Cl)c1cccc(NC(=O)c2cccnc2F)c1. The first kappa shape index (κ1) is 13.2. The van der Waals surface area contributed by atoms with Gasteiger partial charge in [0.2, 0.25) is 5.95 Å². The van der Waals surface area contributed by atoms with E-state index in [0.717, 1.165) is 0 Å². The maximum absolute atomic E-state index is 13.3. The van der Waals surface area contributed by atoms with Crippen molar-refractivity contribution in [3.63, 3.8) is 0 Å². The minimum atomic E-state index is -0.857. The molecule has 1 heterocycles. The lowest BCUT2D eigenvalue weighted by Crippen LogP contribution is -2.14. The van der Waals surface area contributed by atoms with Gasteiger partial charge in [-0.05, 0) is 41.9 Å². The average Bonchev–Trinajstić information content (AvgIpc) is 2.39. The molecular formula is C13H8ClFN2O2. The number of hydrogen-bond donors (Lipinski definition) is 1. The summed E-state index contributed by atoms with van der Waals surface area (Å²) in [5.74, 6) is -1.51. The van der Waals surface area contributed by atoms with E-state index in [1.807, 2.05) is 0 Å². The van der Waals surface area contributed by atoms with Crippen LogP contribution >= 0.6 is 11.6 Å². The van der Waals surface area contributed by atoms with Gasteiger partial charge >= 0.3 is 0 Å². The topological polar surface area (TPSA) is 59.1 Å². The van der Waals surface area contributed by atoms with Crippen LogP contribution in [0.5, 0.6) is 0 Å². The number of benzene rings is 1. The zero-order valence-corrected chi connectivity index (χ0v) is 10.3. The Hall–Kier alpha value is -2.27. The number of carbonyl (C=O) groups is 2. The summed E-state index contributed by atoms with van der Waals surface area (Å²) in [6.45, 7) is 0. The molecule has 96 valence electrons. The second kappa shape index (κ2) is 5.58. The predicted molar refractivity (Wildman–Crippen MR) is 68.8 cm³/mol. The van der Waals surface area contributed by atoms with Crippen molar-refractivity contribution in [2.75, 3.05) is 5.32 Å². The molecule has 0 unspecified atom stereocenters. The van der Waals surface area contributed by atoms with Crippen LogP contribution in [0, 0.1) is 5.95 Å². The van der Waals surface area contributed by atoms with Gasteiger partial charge < -0.3 is 5.32 Å². The molecule has 1 aromatic heterocycles. The summed E-state index contributed by atoms with van der Waals surface area (Å²) in [5.41, 5.74) is 0.413. The van der Waals surface area contributed by atoms with Crippen LogP contribution < -0.4 is 5.32 Å². The van der Waals surface area contributed by atoms with Gasteiger partial charge in [-0.1, -0.05) is 6.07 Å². The summed E-state index contributed by atoms with van der Waals surface area (Å²) in [6, 6.07) is 8.81. The Bertz CT molecular complexity index is 646. The van der Waals surface area contributed by atoms with Crippen molar-refractivity contribution in [1.82, 2.24) is 4.98 Å². The molecule has 6 heteroatoms. The van der Waals surface area contributed by atoms with Crippen LogP contribution in [0.4, 0.5) is 10.1 Å². The van der Waals surface area contributed by atoms with E-state index in [4.69, 9.17) is 11.6 Å². The van der Waals surface area contributed by atoms with Crippen molar-refractivity contribution in [2.45, 2.75) is 0 Å². The number of carbonyl (C=O) groups excluding carboxylic acids is 2. The van der Waals surface area contributed by atoms with Crippen molar-refractivity contribution < 1.29 is 14.0 Å². The summed E-state index contributed by atoms with van der Waals surface area (Å²) in [7, 11) is 0. The summed E-state index contributed by atoms with van der Waals surface area (Å²) < 4.78 is 13.3. The second-order valence-corrected chi connectivity index (χ2v) is 3.99. The fourth-order valence-corrected chi connectivity index (χ4v) is 1.59. The smallest absolute Gasteiger partial charge is 0.260 e. The number of rotatable bonds is 3. The minimum Gasteiger partial charge on any atom is -0.322 e. The molecule has 4 nitrogen and oxygen atoms in total. The molecule has 1 aromatic carbocycles. The Morgan fingerprint density at radius 1 is 1.21 bits per heavy atom. The van der Waals surface area contributed by atoms with Crippen LogP contribution in [0.25, 0.3) is 0 Å². The van der Waals surface area contributed by atoms with Gasteiger partial charge in [-0.3, -0.25) is 9.59 Å². The molecule has 19 heavy (non-hydrogen) atoms. The van der Waals surface area contributed by atoms with Crippen molar-refractivity contribution in [2.24, 2.45) is 0 Å². The summed E-state index contributed by atoms with van der Waals surface area (Å²) in [6.07, 6.45) is 1.25. The third kappa shape index (κ3) is 3.14. The van der Waals surface area contributed by atoms with Gasteiger partial charge in [0.05, 0.1) is 5.56 Å². The molecule has 1 amide bonds. The number of halogens is 2. The number of pyridine rings is 1. The number of amides is 1. The Morgan fingerprint density at radius 2 is 2.00 bits per heavy atom. The molecular weight excluding hydrogens is 271 g/mol. The van der Waals surface area contributed by atoms with Crippen LogP contribution in [-0.4, -0.2) is 16.1 Å². The summed E-state index contributed by atoms with van der Waals surface area (Å²) >= 11 is 5.33. The van der Waals surface area contributed by atoms with Crippen LogP contribution in [0.1, 0.15) is 20.7 Å². The number of aromatic nitrogens is 1. The standard InChI is InChI=1S/C13H8ClFN2O2/c14-11(18)8-3-1-4-9(7-8)17-13(19)10-5-2-6-16-12(10)15/h1-7H,(H,17,19). The number of hydrogen-bond acceptors (Lipinski definition) is 3. The Morgan fingerprint density at radius 3 is 2.68 bits per heavy atom. The molecule has 0 bridgehead atoms. The van der Waals surface area contributed by atoms with E-state index in [2.05, 4.69) is 10.3 Å². The monoisotopic (exact) mass is 278 g/mol. The van der Waals surface area contributed by atoms with Gasteiger partial charge in [-0.15, -0.1) is 0 Å². The molecule has 0 spiro atoms. The maximum atomic E-state index is 13.3. The second-order valence-electron chi connectivity index (χ2n) is 3.65. The van der Waals surface area contributed by atoms with Gasteiger partial charge in [0.1, 0.15) is 0 Å². The molecule has 1 N–H and O–H groups in total. The van der Waals surface area contributed by atoms with E-state index in [-0.39, 0.29) is 11.1 Å². The van der Waals surface area contributed by atoms with Gasteiger partial charge in [-0.25, -0.2) is 4.98 Å². The van der Waals surface area contributed by atoms with Gasteiger partial charge in [0, 0.05) is 17.4 Å². The van der Waals surface area contributed by atoms with E-state index in [9.17, 15) is 14.0 Å². The molecule has 0 saturated heterocycles. The Kier molecular flexibility index (Phi) is 3.87. The van der Waals surface area contributed by atoms with Gasteiger partial charge in [-0.2, -0.15) is 4.39 Å². The fraction of sp³-hybridized carbons (Fsp3) is 0. The molecule has 0 aliphatic heterocycles. The Labute approximate surface area is 113 Å². The van der Waals surface area contributed by atoms with Gasteiger partial charge in [0.15, 0.2) is 0 Å². The lowest BCUT2D eigenvalue weighted by atomic mass is 10.2. The predicted octanol–water partition coefficient (Wildman–Crippen LogP) is 2.85. The summed E-state index contributed by atoms with van der Waals surface area (Å²) in [4.78, 5) is 26.2. The molecule has 0 fully saturated rings. The third-order valence-corrected chi connectivity index (χ3v) is 2.57. The number of anilines is 1. The Balaban J connectivity index is 2.22. The normalized spacial score (nSPS) is 10.0. The molecule has 0 aliphatic rings. The summed E-state index contributed by atoms with van der Waals surface area (Å²) in [5, 5.41) is 1.83. The molecule has 2 aromatic rings. The van der Waals surface area contributed by atoms with Crippen LogP contribution in [0.2, 0.25) is 0 Å². The van der Waals surface area contributed by atoms with E-state index in [1.165, 1.54) is 30.5 Å². The molecule has 0 radical (unpaired) electrons. The molecule has 0 atom stereocenters. The maximum Gasteiger partial charge on any atom is 0.260 e. The molecule has 0 aliphatic carbocycles. The average molecular weight is 279 g/mol. The van der Waals surface area contributed by atoms with Gasteiger partial charge in [0.25, 0.3) is 11.1 Å². The first-order valence-electron chi connectivity index (χ1n) is 5.29. The highest BCUT2D eigenvalue weighted by atomic mass is 35.5. The lowest BCUT2D eigenvalue weighted by molar-refractivity contribution is 0.102. The van der Waals surface area contributed by atoms with E-state index < -0.39 is 17.1 Å². The highest BCUT2D eigenvalue weighted by molar-refractivity contribution is 6.67. The quantitative estimate of drug-likeness (QED) is 0.694. The third-order valence-electron chi connectivity index (χ3n) is 2.35. The molecule has 0 saturated carbocycles. The molecule has 2 rings (SSSR count). The fourth-order valence-electron chi connectivity index (χ4n) is 1.47. The van der Waals surface area contributed by atoms with Crippen molar-refractivity contribution in [3.8, 4) is 0 Å². The van der Waals surface area contributed by atoms with Crippen LogP contribution in [0.3, 0.4) is 0 Å². The first-order chi connectivity index (χ1) is 9.08. The van der Waals surface area contributed by atoms with E-state index in [1.54, 1.807) is 12.1 Å². The number of nitrogens with zero attached hydrogens (tertiary/aromatic N) is 1. The largest absolute Gasteiger partial charge is 0.322 e. The first-order valence-corrected chi connectivity index (χ1v) is 5.67. The number of nitrogens with one attached hydrogen (secondary N) is 1. The van der Waals surface area contributed by atoms with Crippen molar-refractivity contribution in [3.05, 3.63) is 59.7 Å². The van der Waals surface area contributed by atoms with E-state index >= 15 is 0 Å². The lowest BCUT2D eigenvalue weighted by Gasteiger charge is -2.06. The van der Waals surface area contributed by atoms with Crippen LogP contribution in [0.15, 0.2) is 42.6 Å². The highest BCUT2D eigenvalue weighted by Gasteiger charge is 2.12.